The van der Waals surface area contributed by atoms with Crippen LogP contribution < -0.4 is 16.2 Å². The van der Waals surface area contributed by atoms with Crippen LogP contribution in [0.5, 0.6) is 0 Å². The summed E-state index contributed by atoms with van der Waals surface area (Å²) < 4.78 is 13.7. The van der Waals surface area contributed by atoms with E-state index < -0.39 is 11.7 Å². The second-order valence-electron chi connectivity index (χ2n) is 3.95. The molecule has 0 saturated carbocycles. The van der Waals surface area contributed by atoms with Gasteiger partial charge in [0.05, 0.1) is 11.3 Å². The number of amides is 1. The molecule has 0 aliphatic rings. The predicted octanol–water partition coefficient (Wildman–Crippen LogP) is 1.59. The molecule has 2 aromatic rings. The lowest BCUT2D eigenvalue weighted by Crippen LogP contribution is -2.18. The van der Waals surface area contributed by atoms with E-state index >= 15 is 0 Å². The van der Waals surface area contributed by atoms with E-state index in [1.165, 1.54) is 30.3 Å². The third-order valence-corrected chi connectivity index (χ3v) is 2.53. The van der Waals surface area contributed by atoms with Crippen LogP contribution in [0.15, 0.2) is 35.1 Å². The van der Waals surface area contributed by atoms with Crippen LogP contribution >= 0.6 is 0 Å². The van der Waals surface area contributed by atoms with E-state index in [9.17, 15) is 14.0 Å². The normalized spacial score (nSPS) is 10.1. The first-order valence-electron chi connectivity index (χ1n) is 6.01. The molecule has 0 bridgehead atoms. The molecule has 0 aliphatic carbocycles. The number of carbonyl (C=O) groups is 1. The Labute approximate surface area is 114 Å². The second-order valence-corrected chi connectivity index (χ2v) is 3.95. The minimum Gasteiger partial charge on any atom is -0.382 e. The van der Waals surface area contributed by atoms with Crippen molar-refractivity contribution in [1.82, 2.24) is 10.2 Å². The van der Waals surface area contributed by atoms with Crippen molar-refractivity contribution in [3.05, 3.63) is 52.1 Å². The summed E-state index contributed by atoms with van der Waals surface area (Å²) >= 11 is 0. The van der Waals surface area contributed by atoms with Crippen molar-refractivity contribution in [2.24, 2.45) is 0 Å². The molecular weight excluding hydrogens is 263 g/mol. The van der Waals surface area contributed by atoms with Gasteiger partial charge in [-0.15, -0.1) is 0 Å². The number of hydrogen-bond acceptors (Lipinski definition) is 4. The van der Waals surface area contributed by atoms with E-state index in [2.05, 4.69) is 20.8 Å². The van der Waals surface area contributed by atoms with Gasteiger partial charge in [-0.2, -0.15) is 5.10 Å². The lowest BCUT2D eigenvalue weighted by Gasteiger charge is -2.11. The van der Waals surface area contributed by atoms with Crippen molar-refractivity contribution in [2.75, 3.05) is 17.2 Å². The average Bonchev–Trinajstić information content (AvgIpc) is 2.43. The Bertz CT molecular complexity index is 664. The van der Waals surface area contributed by atoms with Crippen LogP contribution in [-0.4, -0.2) is 22.6 Å². The van der Waals surface area contributed by atoms with Crippen molar-refractivity contribution < 1.29 is 9.18 Å². The number of anilines is 2. The summed E-state index contributed by atoms with van der Waals surface area (Å²) in [6, 6.07) is 6.82. The van der Waals surface area contributed by atoms with Gasteiger partial charge in [0.1, 0.15) is 5.82 Å². The molecule has 1 aromatic carbocycles. The molecule has 0 spiro atoms. The van der Waals surface area contributed by atoms with Gasteiger partial charge in [0.25, 0.3) is 11.5 Å². The molecule has 0 saturated heterocycles. The largest absolute Gasteiger partial charge is 0.382 e. The first-order chi connectivity index (χ1) is 9.61. The van der Waals surface area contributed by atoms with Gasteiger partial charge in [-0.3, -0.25) is 9.59 Å². The molecule has 104 valence electrons. The number of nitrogens with one attached hydrogen (secondary N) is 3. The third kappa shape index (κ3) is 3.00. The molecule has 0 atom stereocenters. The number of rotatable bonds is 4. The number of nitrogens with zero attached hydrogens (tertiary/aromatic N) is 1. The van der Waals surface area contributed by atoms with E-state index in [-0.39, 0.29) is 22.6 Å². The monoisotopic (exact) mass is 276 g/mol. The highest BCUT2D eigenvalue weighted by Crippen LogP contribution is 2.20. The first kappa shape index (κ1) is 13.7. The summed E-state index contributed by atoms with van der Waals surface area (Å²) in [7, 11) is 0. The van der Waals surface area contributed by atoms with E-state index in [1.807, 2.05) is 0 Å². The summed E-state index contributed by atoms with van der Waals surface area (Å²) in [5, 5.41) is 11.1. The van der Waals surface area contributed by atoms with Gasteiger partial charge < -0.3 is 10.6 Å². The fourth-order valence-corrected chi connectivity index (χ4v) is 1.67. The lowest BCUT2D eigenvalue weighted by molar-refractivity contribution is 0.102. The highest BCUT2D eigenvalue weighted by Gasteiger charge is 2.15. The van der Waals surface area contributed by atoms with Crippen molar-refractivity contribution in [1.29, 1.82) is 0 Å². The Hall–Kier alpha value is -2.70. The van der Waals surface area contributed by atoms with Crippen LogP contribution in [0.1, 0.15) is 17.3 Å². The van der Waals surface area contributed by atoms with Crippen molar-refractivity contribution in [2.45, 2.75) is 6.92 Å². The molecule has 1 heterocycles. The van der Waals surface area contributed by atoms with Gasteiger partial charge in [0.2, 0.25) is 0 Å². The smallest absolute Gasteiger partial charge is 0.264 e. The van der Waals surface area contributed by atoms with Crippen LogP contribution in [0.3, 0.4) is 0 Å². The zero-order chi connectivity index (χ0) is 14.5. The topological polar surface area (TPSA) is 86.9 Å². The van der Waals surface area contributed by atoms with Gasteiger partial charge in [-0.1, -0.05) is 6.07 Å². The maximum atomic E-state index is 13.7. The standard InChI is InChI=1S/C13H13FN4O2/c1-2-15-12-8(4-3-5-9(12)14)13(20)16-10-6-7-11(19)18-17-10/h3-7,15H,2H2,1H3,(H,18,19)(H,16,17,20). The molecule has 0 aliphatic heterocycles. The van der Waals surface area contributed by atoms with E-state index in [0.29, 0.717) is 6.54 Å². The summed E-state index contributed by atoms with van der Waals surface area (Å²) in [6.45, 7) is 2.29. The summed E-state index contributed by atoms with van der Waals surface area (Å²) in [5.41, 5.74) is -0.0705. The van der Waals surface area contributed by atoms with Gasteiger partial charge in [0, 0.05) is 12.6 Å². The van der Waals surface area contributed by atoms with Crippen molar-refractivity contribution >= 4 is 17.4 Å². The summed E-state index contributed by atoms with van der Waals surface area (Å²) in [6.07, 6.45) is 0. The second kappa shape index (κ2) is 5.96. The zero-order valence-electron chi connectivity index (χ0n) is 10.7. The molecule has 3 N–H and O–H groups in total. The Morgan fingerprint density at radius 3 is 2.80 bits per heavy atom. The molecule has 0 fully saturated rings. The van der Waals surface area contributed by atoms with Crippen LogP contribution in [0.4, 0.5) is 15.9 Å². The van der Waals surface area contributed by atoms with Gasteiger partial charge in [-0.25, -0.2) is 9.49 Å². The minimum absolute atomic E-state index is 0.136. The number of para-hydroxylation sites is 1. The predicted molar refractivity (Wildman–Crippen MR) is 73.4 cm³/mol. The maximum absolute atomic E-state index is 13.7. The lowest BCUT2D eigenvalue weighted by atomic mass is 10.1. The summed E-state index contributed by atoms with van der Waals surface area (Å²) in [5.74, 6) is -0.838. The average molecular weight is 276 g/mol. The molecule has 1 amide bonds. The molecule has 7 heteroatoms. The SMILES string of the molecule is CCNc1c(F)cccc1C(=O)Nc1ccc(=O)[nH]n1. The molecular formula is C13H13FN4O2. The van der Waals surface area contributed by atoms with Crippen LogP contribution in [0.2, 0.25) is 0 Å². The van der Waals surface area contributed by atoms with Gasteiger partial charge in [-0.05, 0) is 25.1 Å². The van der Waals surface area contributed by atoms with Crippen LogP contribution in [0.25, 0.3) is 0 Å². The maximum Gasteiger partial charge on any atom is 0.264 e. The Morgan fingerprint density at radius 2 is 2.15 bits per heavy atom. The highest BCUT2D eigenvalue weighted by molar-refractivity contribution is 6.07. The van der Waals surface area contributed by atoms with Gasteiger partial charge >= 0.3 is 0 Å². The molecule has 0 radical (unpaired) electrons. The third-order valence-electron chi connectivity index (χ3n) is 2.53. The molecule has 1 aromatic heterocycles. The first-order valence-corrected chi connectivity index (χ1v) is 6.01. The number of halogens is 1. The number of aromatic amines is 1. The number of hydrogen-bond donors (Lipinski definition) is 3. The van der Waals surface area contributed by atoms with E-state index in [0.717, 1.165) is 0 Å². The quantitative estimate of drug-likeness (QED) is 0.791. The molecule has 20 heavy (non-hydrogen) atoms. The minimum atomic E-state index is -0.514. The Morgan fingerprint density at radius 1 is 1.35 bits per heavy atom. The number of carbonyl (C=O) groups excluding carboxylic acids is 1. The number of aromatic nitrogens is 2. The number of benzene rings is 1. The zero-order valence-corrected chi connectivity index (χ0v) is 10.7. The van der Waals surface area contributed by atoms with Crippen molar-refractivity contribution in [3.63, 3.8) is 0 Å². The van der Waals surface area contributed by atoms with Crippen LogP contribution in [-0.2, 0) is 0 Å². The van der Waals surface area contributed by atoms with E-state index in [4.69, 9.17) is 0 Å². The molecule has 0 unspecified atom stereocenters. The fraction of sp³-hybridized carbons (Fsp3) is 0.154. The Kier molecular flexibility index (Phi) is 4.09. The van der Waals surface area contributed by atoms with Gasteiger partial charge in [0.15, 0.2) is 5.82 Å². The Balaban J connectivity index is 2.27. The fourth-order valence-electron chi connectivity index (χ4n) is 1.67. The van der Waals surface area contributed by atoms with Crippen molar-refractivity contribution in [3.8, 4) is 0 Å². The van der Waals surface area contributed by atoms with E-state index in [1.54, 1.807) is 6.92 Å². The number of H-pyrrole nitrogens is 1. The summed E-state index contributed by atoms with van der Waals surface area (Å²) in [4.78, 5) is 23.0. The van der Waals surface area contributed by atoms with Crippen LogP contribution in [0, 0.1) is 5.82 Å². The molecule has 6 nitrogen and oxygen atoms in total. The molecule has 2 rings (SSSR count). The highest BCUT2D eigenvalue weighted by atomic mass is 19.1.